The van der Waals surface area contributed by atoms with Crippen molar-refractivity contribution < 1.29 is 24.2 Å². The molecule has 0 saturated heterocycles. The highest BCUT2D eigenvalue weighted by atomic mass is 16.5. The van der Waals surface area contributed by atoms with Crippen LogP contribution in [-0.2, 0) is 4.79 Å². The molecule has 0 aromatic heterocycles. The molecule has 7 heteroatoms. The van der Waals surface area contributed by atoms with E-state index in [1.165, 1.54) is 0 Å². The van der Waals surface area contributed by atoms with E-state index in [-0.39, 0.29) is 18.2 Å². The Morgan fingerprint density at radius 2 is 1.45 bits per heavy atom. The first-order valence-electron chi connectivity index (χ1n) is 14.1. The number of nitrogens with zero attached hydrogens (tertiary/aromatic N) is 1. The molecular formula is C35H36N2O5. The molecule has 0 aliphatic heterocycles. The van der Waals surface area contributed by atoms with Crippen LogP contribution in [-0.4, -0.2) is 36.5 Å². The lowest BCUT2D eigenvalue weighted by Gasteiger charge is -2.21. The molecule has 0 fully saturated rings. The smallest absolute Gasteiger partial charge is 0.303 e. The highest BCUT2D eigenvalue weighted by molar-refractivity contribution is 6.09. The first kappa shape index (κ1) is 30.1. The number of unbranched alkanes of at least 4 members (excludes halogenated alkanes) is 3. The summed E-state index contributed by atoms with van der Waals surface area (Å²) in [4.78, 5) is 38.7. The van der Waals surface area contributed by atoms with Crippen LogP contribution in [0.4, 0.5) is 11.4 Å². The molecule has 4 rings (SSSR count). The van der Waals surface area contributed by atoms with E-state index in [1.54, 1.807) is 42.3 Å². The fourth-order valence-electron chi connectivity index (χ4n) is 4.63. The number of hydrogen-bond donors (Lipinski definition) is 2. The molecule has 0 aliphatic rings. The summed E-state index contributed by atoms with van der Waals surface area (Å²) in [6.07, 6.45) is 3.36. The van der Waals surface area contributed by atoms with Crippen molar-refractivity contribution in [3.05, 3.63) is 114 Å². The van der Waals surface area contributed by atoms with E-state index in [4.69, 9.17) is 9.84 Å². The molecule has 0 bridgehead atoms. The largest absolute Gasteiger partial charge is 0.491 e. The summed E-state index contributed by atoms with van der Waals surface area (Å²) in [5, 5.41) is 11.7. The summed E-state index contributed by atoms with van der Waals surface area (Å²) < 4.78 is 5.97. The van der Waals surface area contributed by atoms with E-state index in [1.807, 2.05) is 73.7 Å². The third kappa shape index (κ3) is 8.07. The van der Waals surface area contributed by atoms with Crippen LogP contribution >= 0.6 is 0 Å². The van der Waals surface area contributed by atoms with Crippen molar-refractivity contribution in [3.8, 4) is 16.9 Å². The number of aryl methyl sites for hydroxylation is 1. The summed E-state index contributed by atoms with van der Waals surface area (Å²) in [6.45, 7) is 2.51. The van der Waals surface area contributed by atoms with Crippen molar-refractivity contribution in [2.45, 2.75) is 39.0 Å². The SMILES string of the molecule is Cc1ccc(-c2ccccc2C(=O)Nc2ccc(C(=O)N(C)c3ccccc3OCCCCCCC(=O)O)cc2)cc1. The Morgan fingerprint density at radius 1 is 0.786 bits per heavy atom. The fourth-order valence-corrected chi connectivity index (χ4v) is 4.63. The normalized spacial score (nSPS) is 10.6. The zero-order valence-corrected chi connectivity index (χ0v) is 24.0. The number of hydrogen-bond acceptors (Lipinski definition) is 4. The zero-order valence-electron chi connectivity index (χ0n) is 24.0. The number of anilines is 2. The number of carboxylic acid groups (broad SMARTS) is 1. The number of nitrogens with one attached hydrogen (secondary N) is 1. The molecule has 4 aromatic rings. The number of carbonyl (C=O) groups is 3. The van der Waals surface area contributed by atoms with Crippen LogP contribution in [0.5, 0.6) is 5.75 Å². The molecule has 0 saturated carbocycles. The number of carbonyl (C=O) groups excluding carboxylic acids is 2. The number of amides is 2. The zero-order chi connectivity index (χ0) is 29.9. The van der Waals surface area contributed by atoms with Gasteiger partial charge in [0.1, 0.15) is 5.75 Å². The summed E-state index contributed by atoms with van der Waals surface area (Å²) in [6, 6.07) is 29.8. The number of para-hydroxylation sites is 2. The van der Waals surface area contributed by atoms with Crippen molar-refractivity contribution in [1.29, 1.82) is 0 Å². The third-order valence-corrected chi connectivity index (χ3v) is 7.00. The van der Waals surface area contributed by atoms with E-state index in [0.29, 0.717) is 41.3 Å². The van der Waals surface area contributed by atoms with Crippen molar-refractivity contribution in [2.24, 2.45) is 0 Å². The van der Waals surface area contributed by atoms with Crippen LogP contribution in [0, 0.1) is 6.92 Å². The van der Waals surface area contributed by atoms with Crippen LogP contribution < -0.4 is 15.0 Å². The summed E-state index contributed by atoms with van der Waals surface area (Å²) >= 11 is 0. The third-order valence-electron chi connectivity index (χ3n) is 7.00. The lowest BCUT2D eigenvalue weighted by Crippen LogP contribution is -2.26. The van der Waals surface area contributed by atoms with Gasteiger partial charge in [0, 0.05) is 30.3 Å². The Balaban J connectivity index is 1.37. The molecule has 42 heavy (non-hydrogen) atoms. The Kier molecular flexibility index (Phi) is 10.5. The minimum absolute atomic E-state index is 0.186. The van der Waals surface area contributed by atoms with Gasteiger partial charge in [-0.3, -0.25) is 14.4 Å². The molecule has 0 heterocycles. The van der Waals surface area contributed by atoms with Crippen molar-refractivity contribution in [1.82, 2.24) is 0 Å². The average molecular weight is 565 g/mol. The fraction of sp³-hybridized carbons (Fsp3) is 0.229. The van der Waals surface area contributed by atoms with Gasteiger partial charge in [-0.25, -0.2) is 0 Å². The Hall–Kier alpha value is -4.91. The van der Waals surface area contributed by atoms with E-state index in [0.717, 1.165) is 36.0 Å². The summed E-state index contributed by atoms with van der Waals surface area (Å²) in [7, 11) is 1.70. The number of rotatable bonds is 13. The predicted molar refractivity (Wildman–Crippen MR) is 166 cm³/mol. The maximum Gasteiger partial charge on any atom is 0.303 e. The van der Waals surface area contributed by atoms with Gasteiger partial charge >= 0.3 is 5.97 Å². The van der Waals surface area contributed by atoms with Crippen LogP contribution in [0.25, 0.3) is 11.1 Å². The van der Waals surface area contributed by atoms with Gasteiger partial charge in [-0.1, -0.05) is 73.0 Å². The van der Waals surface area contributed by atoms with Crippen LogP contribution in [0.2, 0.25) is 0 Å². The molecule has 0 spiro atoms. The molecule has 216 valence electrons. The molecule has 0 atom stereocenters. The van der Waals surface area contributed by atoms with Gasteiger partial charge in [0.05, 0.1) is 12.3 Å². The second-order valence-corrected chi connectivity index (χ2v) is 10.2. The van der Waals surface area contributed by atoms with E-state index in [2.05, 4.69) is 5.32 Å². The van der Waals surface area contributed by atoms with Crippen molar-refractivity contribution in [3.63, 3.8) is 0 Å². The van der Waals surface area contributed by atoms with Crippen molar-refractivity contribution in [2.75, 3.05) is 23.9 Å². The lowest BCUT2D eigenvalue weighted by atomic mass is 9.98. The van der Waals surface area contributed by atoms with Gasteiger partial charge in [-0.15, -0.1) is 0 Å². The second-order valence-electron chi connectivity index (χ2n) is 10.2. The molecule has 7 nitrogen and oxygen atoms in total. The minimum atomic E-state index is -0.771. The first-order valence-corrected chi connectivity index (χ1v) is 14.1. The van der Waals surface area contributed by atoms with Crippen LogP contribution in [0.15, 0.2) is 97.1 Å². The molecule has 4 aromatic carbocycles. The number of benzene rings is 4. The van der Waals surface area contributed by atoms with Gasteiger partial charge in [0.15, 0.2) is 0 Å². The number of carboxylic acids is 1. The standard InChI is InChI=1S/C35H36N2O5/c1-25-16-18-26(19-17-25)29-11-6-7-12-30(29)34(40)36-28-22-20-27(21-23-28)35(41)37(2)31-13-8-9-14-32(31)42-24-10-4-3-5-15-33(38)39/h6-9,11-14,16-23H,3-5,10,15,24H2,1-2H3,(H,36,40)(H,38,39). The number of aliphatic carboxylic acids is 1. The quantitative estimate of drug-likeness (QED) is 0.163. The van der Waals surface area contributed by atoms with Crippen LogP contribution in [0.3, 0.4) is 0 Å². The Morgan fingerprint density at radius 3 is 2.19 bits per heavy atom. The molecule has 0 aliphatic carbocycles. The van der Waals surface area contributed by atoms with Gasteiger partial charge in [0.25, 0.3) is 11.8 Å². The van der Waals surface area contributed by atoms with Gasteiger partial charge in [-0.05, 0) is 73.4 Å². The van der Waals surface area contributed by atoms with Crippen LogP contribution in [0.1, 0.15) is 58.4 Å². The monoisotopic (exact) mass is 564 g/mol. The van der Waals surface area contributed by atoms with E-state index >= 15 is 0 Å². The molecule has 2 amide bonds. The second kappa shape index (κ2) is 14.6. The lowest BCUT2D eigenvalue weighted by molar-refractivity contribution is -0.137. The summed E-state index contributed by atoms with van der Waals surface area (Å²) in [5.74, 6) is -0.598. The Labute approximate surface area is 246 Å². The maximum atomic E-state index is 13.3. The Bertz CT molecular complexity index is 1510. The molecule has 0 radical (unpaired) electrons. The maximum absolute atomic E-state index is 13.3. The van der Waals surface area contributed by atoms with Gasteiger partial charge in [0.2, 0.25) is 0 Å². The van der Waals surface area contributed by atoms with E-state index < -0.39 is 5.97 Å². The molecule has 0 unspecified atom stereocenters. The van der Waals surface area contributed by atoms with E-state index in [9.17, 15) is 14.4 Å². The first-order chi connectivity index (χ1) is 20.3. The average Bonchev–Trinajstić information content (AvgIpc) is 3.00. The molecular weight excluding hydrogens is 528 g/mol. The molecule has 2 N–H and O–H groups in total. The van der Waals surface area contributed by atoms with Crippen molar-refractivity contribution >= 4 is 29.2 Å². The highest BCUT2D eigenvalue weighted by Crippen LogP contribution is 2.29. The topological polar surface area (TPSA) is 95.9 Å². The predicted octanol–water partition coefficient (Wildman–Crippen LogP) is 7.60. The van der Waals surface area contributed by atoms with Gasteiger partial charge in [-0.2, -0.15) is 0 Å². The number of ether oxygens (including phenoxy) is 1. The highest BCUT2D eigenvalue weighted by Gasteiger charge is 2.18. The summed E-state index contributed by atoms with van der Waals surface area (Å²) in [5.41, 5.74) is 5.25. The van der Waals surface area contributed by atoms with Gasteiger partial charge < -0.3 is 20.1 Å². The minimum Gasteiger partial charge on any atom is -0.491 e.